The van der Waals surface area contributed by atoms with Gasteiger partial charge in [-0.2, -0.15) is 0 Å². The Morgan fingerprint density at radius 3 is 2.59 bits per heavy atom. The van der Waals surface area contributed by atoms with Gasteiger partial charge in [0.2, 0.25) is 5.78 Å². The van der Waals surface area contributed by atoms with Crippen molar-refractivity contribution >= 4 is 22.6 Å². The molecule has 0 saturated heterocycles. The molecule has 1 N–H and O–H groups in total. The minimum atomic E-state index is -1.14. The van der Waals surface area contributed by atoms with Gasteiger partial charge in [0.25, 0.3) is 0 Å². The van der Waals surface area contributed by atoms with E-state index in [1.165, 1.54) is 17.7 Å². The van der Waals surface area contributed by atoms with Crippen LogP contribution in [0.4, 0.5) is 4.39 Å². The Hall–Kier alpha value is -4.33. The van der Waals surface area contributed by atoms with E-state index >= 15 is 4.39 Å². The molecule has 1 aliphatic carbocycles. The molecule has 0 aliphatic heterocycles. The quantitative estimate of drug-likeness (QED) is 0.264. The molecule has 7 nitrogen and oxygen atoms in total. The van der Waals surface area contributed by atoms with Crippen LogP contribution in [0.1, 0.15) is 51.3 Å². The summed E-state index contributed by atoms with van der Waals surface area (Å²) in [5.41, 5.74) is 4.10. The van der Waals surface area contributed by atoms with Crippen LogP contribution in [0.5, 0.6) is 5.75 Å². The third kappa shape index (κ3) is 4.71. The van der Waals surface area contributed by atoms with Crippen LogP contribution in [0.15, 0.2) is 73.3 Å². The summed E-state index contributed by atoms with van der Waals surface area (Å²) in [6, 6.07) is 15.0. The zero-order chi connectivity index (χ0) is 27.4. The summed E-state index contributed by atoms with van der Waals surface area (Å²) in [6.07, 6.45) is 8.38. The molecule has 0 radical (unpaired) electrons. The zero-order valence-corrected chi connectivity index (χ0v) is 22.1. The molecular formula is C31H29FN4O3. The monoisotopic (exact) mass is 524 g/mol. The van der Waals surface area contributed by atoms with Crippen molar-refractivity contribution in [1.29, 1.82) is 0 Å². The van der Waals surface area contributed by atoms with Crippen molar-refractivity contribution in [3.8, 4) is 16.9 Å². The summed E-state index contributed by atoms with van der Waals surface area (Å²) in [5.74, 6) is -1.25. The Morgan fingerprint density at radius 1 is 1.08 bits per heavy atom. The lowest BCUT2D eigenvalue weighted by Gasteiger charge is -2.24. The van der Waals surface area contributed by atoms with Gasteiger partial charge in [0.15, 0.2) is 17.7 Å². The first kappa shape index (κ1) is 25.0. The van der Waals surface area contributed by atoms with Gasteiger partial charge in [-0.15, -0.1) is 0 Å². The highest BCUT2D eigenvalue weighted by molar-refractivity contribution is 5.80. The molecule has 1 atom stereocenters. The summed E-state index contributed by atoms with van der Waals surface area (Å²) in [7, 11) is 0. The summed E-state index contributed by atoms with van der Waals surface area (Å²) in [5, 5.41) is 10.7. The van der Waals surface area contributed by atoms with Crippen molar-refractivity contribution in [2.75, 3.05) is 0 Å². The van der Waals surface area contributed by atoms with E-state index in [9.17, 15) is 9.90 Å². The smallest absolute Gasteiger partial charge is 0.344 e. The van der Waals surface area contributed by atoms with Gasteiger partial charge in [0, 0.05) is 41.4 Å². The fourth-order valence-corrected chi connectivity index (χ4v) is 5.23. The second-order valence-electron chi connectivity index (χ2n) is 11.5. The number of hydrogen-bond donors (Lipinski definition) is 1. The third-order valence-electron chi connectivity index (χ3n) is 7.37. The zero-order valence-electron chi connectivity index (χ0n) is 22.1. The van der Waals surface area contributed by atoms with Gasteiger partial charge in [0.05, 0.1) is 17.4 Å². The number of halogens is 1. The molecule has 2 aromatic carbocycles. The van der Waals surface area contributed by atoms with Gasteiger partial charge in [-0.3, -0.25) is 9.38 Å². The SMILES string of the molecule is CC(C)(C)CC(Oc1ccc(-c2cnc3ncc(C4(c5ccc6ncccc6c5)CC4)n3c2)cc1F)C(=O)O. The number of ether oxygens (including phenoxy) is 1. The van der Waals surface area contributed by atoms with Crippen LogP contribution in [0.3, 0.4) is 0 Å². The fraction of sp³-hybridized carbons (Fsp3) is 0.290. The third-order valence-corrected chi connectivity index (χ3v) is 7.37. The fourth-order valence-electron chi connectivity index (χ4n) is 5.23. The first-order chi connectivity index (χ1) is 18.6. The van der Waals surface area contributed by atoms with Gasteiger partial charge in [-0.25, -0.2) is 19.2 Å². The van der Waals surface area contributed by atoms with Crippen LogP contribution in [-0.2, 0) is 10.2 Å². The Balaban J connectivity index is 1.33. The van der Waals surface area contributed by atoms with Crippen LogP contribution in [0.2, 0.25) is 0 Å². The Kier molecular flexibility index (Phi) is 5.86. The predicted molar refractivity (Wildman–Crippen MR) is 146 cm³/mol. The summed E-state index contributed by atoms with van der Waals surface area (Å²) >= 11 is 0. The molecule has 0 spiro atoms. The first-order valence-corrected chi connectivity index (χ1v) is 13.0. The molecule has 0 bridgehead atoms. The highest BCUT2D eigenvalue weighted by Crippen LogP contribution is 2.53. The molecule has 1 unspecified atom stereocenters. The largest absolute Gasteiger partial charge is 0.479 e. The van der Waals surface area contributed by atoms with Gasteiger partial charge in [-0.1, -0.05) is 39.0 Å². The van der Waals surface area contributed by atoms with Crippen LogP contribution >= 0.6 is 0 Å². The second kappa shape index (κ2) is 9.15. The maximum Gasteiger partial charge on any atom is 0.344 e. The first-order valence-electron chi connectivity index (χ1n) is 13.0. The average molecular weight is 525 g/mol. The lowest BCUT2D eigenvalue weighted by molar-refractivity contribution is -0.146. The second-order valence-corrected chi connectivity index (χ2v) is 11.5. The number of hydrogen-bond acceptors (Lipinski definition) is 5. The Morgan fingerprint density at radius 2 is 1.87 bits per heavy atom. The van der Waals surface area contributed by atoms with Crippen molar-refractivity contribution < 1.29 is 19.0 Å². The van der Waals surface area contributed by atoms with Crippen LogP contribution in [0.25, 0.3) is 27.8 Å². The minimum absolute atomic E-state index is 0.0875. The van der Waals surface area contributed by atoms with Crippen molar-refractivity contribution in [2.45, 2.75) is 51.6 Å². The molecule has 1 aliphatic rings. The van der Waals surface area contributed by atoms with E-state index in [0.29, 0.717) is 11.3 Å². The number of aliphatic carboxylic acids is 1. The summed E-state index contributed by atoms with van der Waals surface area (Å²) in [6.45, 7) is 5.76. The number of carbonyl (C=O) groups is 1. The number of benzene rings is 2. The molecular weight excluding hydrogens is 495 g/mol. The lowest BCUT2D eigenvalue weighted by Crippen LogP contribution is -2.31. The van der Waals surface area contributed by atoms with Gasteiger partial charge >= 0.3 is 5.97 Å². The number of aromatic nitrogens is 4. The standard InChI is InChI=1S/C31H29FN4O3/c1-30(2,3)15-26(28(37)38)39-25-9-6-19(14-23(25)32)21-16-34-29-35-17-27(36(29)18-21)31(10-11-31)22-7-8-24-20(13-22)5-4-12-33-24/h4-9,12-14,16-18,26H,10-11,15H2,1-3H3,(H,37,38). The normalized spacial score (nSPS) is 15.4. The van der Waals surface area contributed by atoms with Gasteiger partial charge in [-0.05, 0) is 59.7 Å². The van der Waals surface area contributed by atoms with Crippen LogP contribution in [-0.4, -0.2) is 36.5 Å². The van der Waals surface area contributed by atoms with Gasteiger partial charge in [0.1, 0.15) is 0 Å². The maximum absolute atomic E-state index is 15.1. The van der Waals surface area contributed by atoms with Crippen molar-refractivity contribution in [2.24, 2.45) is 5.41 Å². The number of nitrogens with zero attached hydrogens (tertiary/aromatic N) is 4. The topological polar surface area (TPSA) is 89.6 Å². The molecule has 3 aromatic heterocycles. The van der Waals surface area contributed by atoms with E-state index in [4.69, 9.17) is 4.74 Å². The molecule has 1 saturated carbocycles. The Bertz CT molecular complexity index is 1720. The van der Waals surface area contributed by atoms with Gasteiger partial charge < -0.3 is 9.84 Å². The lowest BCUT2D eigenvalue weighted by atomic mass is 9.89. The average Bonchev–Trinajstić information content (AvgIpc) is 3.60. The van der Waals surface area contributed by atoms with E-state index < -0.39 is 17.9 Å². The molecule has 3 heterocycles. The van der Waals surface area contributed by atoms with E-state index in [0.717, 1.165) is 35.0 Å². The van der Waals surface area contributed by atoms with E-state index in [-0.39, 0.29) is 23.0 Å². The number of carboxylic acid groups (broad SMARTS) is 1. The number of rotatable bonds is 7. The molecule has 198 valence electrons. The predicted octanol–water partition coefficient (Wildman–Crippen LogP) is 6.43. The number of imidazole rings is 1. The molecule has 8 heteroatoms. The number of pyridine rings is 1. The van der Waals surface area contributed by atoms with Crippen molar-refractivity contribution in [3.05, 3.63) is 90.4 Å². The van der Waals surface area contributed by atoms with Crippen molar-refractivity contribution in [3.63, 3.8) is 0 Å². The van der Waals surface area contributed by atoms with E-state index in [1.54, 1.807) is 18.5 Å². The van der Waals surface area contributed by atoms with Crippen LogP contribution < -0.4 is 4.74 Å². The highest BCUT2D eigenvalue weighted by atomic mass is 19.1. The minimum Gasteiger partial charge on any atom is -0.479 e. The molecule has 6 rings (SSSR count). The number of fused-ring (bicyclic) bond motifs is 2. The Labute approximate surface area is 225 Å². The molecule has 1 fully saturated rings. The maximum atomic E-state index is 15.1. The van der Waals surface area contributed by atoms with E-state index in [2.05, 4.69) is 39.2 Å². The molecule has 39 heavy (non-hydrogen) atoms. The number of carboxylic acids is 1. The van der Waals surface area contributed by atoms with E-state index in [1.807, 2.05) is 43.6 Å². The summed E-state index contributed by atoms with van der Waals surface area (Å²) < 4.78 is 22.7. The summed E-state index contributed by atoms with van der Waals surface area (Å²) in [4.78, 5) is 25.2. The van der Waals surface area contributed by atoms with Crippen molar-refractivity contribution in [1.82, 2.24) is 19.4 Å². The van der Waals surface area contributed by atoms with Crippen LogP contribution in [0, 0.1) is 11.2 Å². The molecule has 5 aromatic rings. The molecule has 0 amide bonds. The highest BCUT2D eigenvalue weighted by Gasteiger charge is 2.48.